The van der Waals surface area contributed by atoms with Crippen molar-refractivity contribution < 1.29 is 9.21 Å². The van der Waals surface area contributed by atoms with Crippen LogP contribution >= 0.6 is 23.1 Å². The van der Waals surface area contributed by atoms with Crippen LogP contribution in [0.15, 0.2) is 32.8 Å². The van der Waals surface area contributed by atoms with Crippen molar-refractivity contribution in [3.63, 3.8) is 0 Å². The molecule has 3 heterocycles. The van der Waals surface area contributed by atoms with Crippen molar-refractivity contribution in [2.24, 2.45) is 11.7 Å². The van der Waals surface area contributed by atoms with Gasteiger partial charge in [0.2, 0.25) is 5.91 Å². The average molecular weight is 404 g/mol. The van der Waals surface area contributed by atoms with Gasteiger partial charge >= 0.3 is 0 Å². The third kappa shape index (κ3) is 3.43. The lowest BCUT2D eigenvalue weighted by molar-refractivity contribution is -0.117. The lowest BCUT2D eigenvalue weighted by atomic mass is 9.89. The molecule has 2 N–H and O–H groups in total. The van der Waals surface area contributed by atoms with Crippen molar-refractivity contribution in [2.45, 2.75) is 50.1 Å². The van der Waals surface area contributed by atoms with Crippen LogP contribution in [0.1, 0.15) is 36.5 Å². The van der Waals surface area contributed by atoms with Gasteiger partial charge in [-0.2, -0.15) is 0 Å². The van der Waals surface area contributed by atoms with Crippen molar-refractivity contribution >= 4 is 39.2 Å². The van der Waals surface area contributed by atoms with E-state index in [0.29, 0.717) is 16.8 Å². The molecule has 0 fully saturated rings. The molecule has 3 aromatic heterocycles. The number of fused-ring (bicyclic) bond motifs is 3. The summed E-state index contributed by atoms with van der Waals surface area (Å²) in [6, 6.07) is 3.62. The molecule has 0 saturated carbocycles. The minimum absolute atomic E-state index is 0.0670. The fourth-order valence-electron chi connectivity index (χ4n) is 3.41. The van der Waals surface area contributed by atoms with Gasteiger partial charge in [0, 0.05) is 4.88 Å². The molecule has 0 bridgehead atoms. The van der Waals surface area contributed by atoms with Crippen molar-refractivity contribution in [1.82, 2.24) is 9.55 Å². The monoisotopic (exact) mass is 403 g/mol. The van der Waals surface area contributed by atoms with Crippen LogP contribution in [0.5, 0.6) is 0 Å². The molecule has 2 atom stereocenters. The summed E-state index contributed by atoms with van der Waals surface area (Å²) < 4.78 is 7.04. The molecular formula is C19H21N3O3S2. The van der Waals surface area contributed by atoms with Crippen LogP contribution in [-0.4, -0.2) is 20.7 Å². The highest BCUT2D eigenvalue weighted by Crippen LogP contribution is 2.37. The molecule has 0 saturated heterocycles. The number of rotatable bonds is 5. The first kappa shape index (κ1) is 18.3. The van der Waals surface area contributed by atoms with Gasteiger partial charge in [0.05, 0.1) is 23.4 Å². The summed E-state index contributed by atoms with van der Waals surface area (Å²) in [5.74, 6) is 0.863. The number of carbonyl (C=O) groups is 1. The highest BCUT2D eigenvalue weighted by atomic mass is 32.2. The first-order valence-corrected chi connectivity index (χ1v) is 10.7. The maximum atomic E-state index is 13.4. The Balaban J connectivity index is 1.88. The quantitative estimate of drug-likeness (QED) is 0.522. The highest BCUT2D eigenvalue weighted by molar-refractivity contribution is 8.00. The molecule has 1 amide bonds. The SMILES string of the molecule is C[C@H]1CCc2c(sc3nc(S[C@@H](C)C(N)=O)n(Cc4ccco4)c(=O)c23)C1. The fraction of sp³-hybridized carbons (Fsp3) is 0.421. The Morgan fingerprint density at radius 3 is 3.07 bits per heavy atom. The van der Waals surface area contributed by atoms with E-state index in [9.17, 15) is 9.59 Å². The first-order chi connectivity index (χ1) is 12.9. The van der Waals surface area contributed by atoms with Gasteiger partial charge in [-0.05, 0) is 49.8 Å². The first-order valence-electron chi connectivity index (χ1n) is 8.97. The molecule has 3 aromatic rings. The Kier molecular flexibility index (Phi) is 4.86. The van der Waals surface area contributed by atoms with Gasteiger partial charge in [0.15, 0.2) is 5.16 Å². The van der Waals surface area contributed by atoms with Crippen LogP contribution < -0.4 is 11.3 Å². The Bertz CT molecular complexity index is 1050. The van der Waals surface area contributed by atoms with Crippen LogP contribution in [-0.2, 0) is 24.2 Å². The molecule has 0 aliphatic heterocycles. The molecule has 1 aliphatic carbocycles. The van der Waals surface area contributed by atoms with E-state index in [1.165, 1.54) is 16.6 Å². The summed E-state index contributed by atoms with van der Waals surface area (Å²) in [6.45, 7) is 4.25. The van der Waals surface area contributed by atoms with Gasteiger partial charge in [0.1, 0.15) is 10.6 Å². The van der Waals surface area contributed by atoms with E-state index in [1.54, 1.807) is 35.2 Å². The van der Waals surface area contributed by atoms with Crippen molar-refractivity contribution in [2.75, 3.05) is 0 Å². The second-order valence-electron chi connectivity index (χ2n) is 7.06. The molecule has 27 heavy (non-hydrogen) atoms. The number of amides is 1. The Labute approximate surface area is 164 Å². The molecule has 4 rings (SSSR count). The lowest BCUT2D eigenvalue weighted by Crippen LogP contribution is -2.27. The third-order valence-corrected chi connectivity index (χ3v) is 7.21. The molecular weight excluding hydrogens is 382 g/mol. The molecule has 142 valence electrons. The molecule has 0 aromatic carbocycles. The highest BCUT2D eigenvalue weighted by Gasteiger charge is 2.26. The topological polar surface area (TPSA) is 91.1 Å². The van der Waals surface area contributed by atoms with Gasteiger partial charge in [0.25, 0.3) is 5.56 Å². The Morgan fingerprint density at radius 2 is 2.37 bits per heavy atom. The summed E-state index contributed by atoms with van der Waals surface area (Å²) in [7, 11) is 0. The number of carbonyl (C=O) groups excluding carboxylic acids is 1. The lowest BCUT2D eigenvalue weighted by Gasteiger charge is -2.18. The molecule has 6 nitrogen and oxygen atoms in total. The molecule has 0 unspecified atom stereocenters. The van der Waals surface area contributed by atoms with Crippen LogP contribution in [0.2, 0.25) is 0 Å². The fourth-order valence-corrected chi connectivity index (χ4v) is 5.69. The van der Waals surface area contributed by atoms with E-state index < -0.39 is 11.2 Å². The number of nitrogens with zero attached hydrogens (tertiary/aromatic N) is 2. The normalized spacial score (nSPS) is 17.8. The number of primary amides is 1. The third-order valence-electron chi connectivity index (χ3n) is 4.96. The summed E-state index contributed by atoms with van der Waals surface area (Å²) in [6.07, 6.45) is 4.58. The zero-order chi connectivity index (χ0) is 19.1. The van der Waals surface area contributed by atoms with Crippen LogP contribution in [0.3, 0.4) is 0 Å². The van der Waals surface area contributed by atoms with Gasteiger partial charge in [-0.1, -0.05) is 18.7 Å². The van der Waals surface area contributed by atoms with Crippen LogP contribution in [0, 0.1) is 5.92 Å². The number of hydrogen-bond donors (Lipinski definition) is 1. The Morgan fingerprint density at radius 1 is 1.56 bits per heavy atom. The van der Waals surface area contributed by atoms with E-state index >= 15 is 0 Å². The maximum absolute atomic E-state index is 13.4. The van der Waals surface area contributed by atoms with Gasteiger partial charge in [-0.3, -0.25) is 14.2 Å². The van der Waals surface area contributed by atoms with Crippen molar-refractivity contribution in [3.05, 3.63) is 45.0 Å². The van der Waals surface area contributed by atoms with E-state index in [-0.39, 0.29) is 12.1 Å². The number of thiophene rings is 1. The number of aryl methyl sites for hydroxylation is 1. The van der Waals surface area contributed by atoms with Gasteiger partial charge < -0.3 is 10.2 Å². The minimum Gasteiger partial charge on any atom is -0.467 e. The molecule has 0 radical (unpaired) electrons. The van der Waals surface area contributed by atoms with E-state index in [4.69, 9.17) is 15.1 Å². The minimum atomic E-state index is -0.480. The number of aromatic nitrogens is 2. The van der Waals surface area contributed by atoms with Crippen LogP contribution in [0.4, 0.5) is 0 Å². The largest absolute Gasteiger partial charge is 0.467 e. The number of nitrogens with two attached hydrogens (primary N) is 1. The predicted octanol–water partition coefficient (Wildman–Crippen LogP) is 3.19. The van der Waals surface area contributed by atoms with Crippen molar-refractivity contribution in [3.8, 4) is 0 Å². The van der Waals surface area contributed by atoms with Crippen LogP contribution in [0.25, 0.3) is 10.2 Å². The summed E-state index contributed by atoms with van der Waals surface area (Å²) >= 11 is 2.82. The second-order valence-corrected chi connectivity index (χ2v) is 9.45. The van der Waals surface area contributed by atoms with E-state index in [1.807, 2.05) is 6.07 Å². The average Bonchev–Trinajstić information content (AvgIpc) is 3.24. The zero-order valence-electron chi connectivity index (χ0n) is 15.2. The van der Waals surface area contributed by atoms with E-state index in [2.05, 4.69) is 6.92 Å². The van der Waals surface area contributed by atoms with Gasteiger partial charge in [-0.25, -0.2) is 4.98 Å². The maximum Gasteiger partial charge on any atom is 0.263 e. The second kappa shape index (κ2) is 7.16. The Hall–Kier alpha value is -2.06. The molecule has 1 aliphatic rings. The smallest absolute Gasteiger partial charge is 0.263 e. The summed E-state index contributed by atoms with van der Waals surface area (Å²) in [5.41, 5.74) is 6.51. The number of hydrogen-bond acceptors (Lipinski definition) is 6. The molecule has 0 spiro atoms. The molecule has 8 heteroatoms. The summed E-state index contributed by atoms with van der Waals surface area (Å²) in [4.78, 5) is 31.7. The number of thioether (sulfide) groups is 1. The zero-order valence-corrected chi connectivity index (χ0v) is 16.9. The standard InChI is InChI=1S/C19H21N3O3S2/c1-10-5-6-13-14(8-10)27-17-15(13)18(24)22(9-12-4-3-7-25-12)19(21-17)26-11(2)16(20)23/h3-4,7,10-11H,5-6,8-9H2,1-2H3,(H2,20,23)/t10-,11-/m0/s1. The van der Waals surface area contributed by atoms with E-state index in [0.717, 1.165) is 35.0 Å². The van der Waals surface area contributed by atoms with Gasteiger partial charge in [-0.15, -0.1) is 11.3 Å². The summed E-state index contributed by atoms with van der Waals surface area (Å²) in [5, 5.41) is 0.748. The number of furan rings is 1. The predicted molar refractivity (Wildman–Crippen MR) is 107 cm³/mol. The van der Waals surface area contributed by atoms with Crippen molar-refractivity contribution in [1.29, 1.82) is 0 Å².